The number of hydrogen-bond donors (Lipinski definition) is 1. The van der Waals surface area contributed by atoms with E-state index in [1.54, 1.807) is 0 Å². The molecule has 2 saturated carbocycles. The molecule has 110 valence electrons. The first-order valence-electron chi connectivity index (χ1n) is 7.51. The van der Waals surface area contributed by atoms with Crippen LogP contribution in [0.15, 0.2) is 18.2 Å². The molecular weight excluding hydrogens is 260 g/mol. The van der Waals surface area contributed by atoms with Crippen LogP contribution in [-0.2, 0) is 0 Å². The van der Waals surface area contributed by atoms with Crippen molar-refractivity contribution < 1.29 is 13.5 Å². The van der Waals surface area contributed by atoms with E-state index < -0.39 is 11.6 Å². The molecule has 2 atom stereocenters. The van der Waals surface area contributed by atoms with Gasteiger partial charge in [0.2, 0.25) is 0 Å². The minimum absolute atomic E-state index is 0.0690. The maximum Gasteiger partial charge on any atom is 0.191 e. The quantitative estimate of drug-likeness (QED) is 0.909. The monoisotopic (exact) mass is 281 g/mol. The predicted octanol–water partition coefficient (Wildman–Crippen LogP) is 3.65. The molecule has 0 saturated heterocycles. The lowest BCUT2D eigenvalue weighted by Gasteiger charge is -2.54. The van der Waals surface area contributed by atoms with E-state index in [9.17, 15) is 8.78 Å². The fourth-order valence-corrected chi connectivity index (χ4v) is 3.89. The molecule has 4 heteroatoms. The molecule has 1 N–H and O–H groups in total. The van der Waals surface area contributed by atoms with Gasteiger partial charge >= 0.3 is 0 Å². The van der Waals surface area contributed by atoms with E-state index in [4.69, 9.17) is 4.74 Å². The fraction of sp³-hybridized carbons (Fsp3) is 0.625. The lowest BCUT2D eigenvalue weighted by Crippen LogP contribution is -2.63. The van der Waals surface area contributed by atoms with E-state index in [-0.39, 0.29) is 17.3 Å². The summed E-state index contributed by atoms with van der Waals surface area (Å²) in [5, 5.41) is 3.49. The number of halogens is 2. The van der Waals surface area contributed by atoms with Crippen LogP contribution in [0, 0.1) is 17.0 Å². The van der Waals surface area contributed by atoms with E-state index in [0.29, 0.717) is 6.04 Å². The van der Waals surface area contributed by atoms with Gasteiger partial charge in [-0.1, -0.05) is 25.8 Å². The van der Waals surface area contributed by atoms with Crippen LogP contribution in [0.1, 0.15) is 39.0 Å². The predicted molar refractivity (Wildman–Crippen MR) is 73.8 cm³/mol. The molecule has 1 aromatic rings. The lowest BCUT2D eigenvalue weighted by molar-refractivity contribution is -0.0785. The van der Waals surface area contributed by atoms with Gasteiger partial charge in [-0.05, 0) is 31.5 Å². The first-order valence-corrected chi connectivity index (χ1v) is 7.51. The highest BCUT2D eigenvalue weighted by molar-refractivity contribution is 5.27. The molecule has 0 bridgehead atoms. The first kappa shape index (κ1) is 13.8. The Morgan fingerprint density at radius 1 is 1.25 bits per heavy atom. The van der Waals surface area contributed by atoms with Gasteiger partial charge in [-0.25, -0.2) is 8.78 Å². The summed E-state index contributed by atoms with van der Waals surface area (Å²) < 4.78 is 33.2. The van der Waals surface area contributed by atoms with Crippen molar-refractivity contribution in [3.05, 3.63) is 29.8 Å². The van der Waals surface area contributed by atoms with E-state index in [0.717, 1.165) is 25.8 Å². The van der Waals surface area contributed by atoms with Crippen LogP contribution in [-0.4, -0.2) is 18.7 Å². The molecule has 0 radical (unpaired) electrons. The van der Waals surface area contributed by atoms with Gasteiger partial charge in [-0.3, -0.25) is 0 Å². The van der Waals surface area contributed by atoms with Gasteiger partial charge in [0.15, 0.2) is 17.4 Å². The minimum Gasteiger partial charge on any atom is -0.484 e. The topological polar surface area (TPSA) is 21.3 Å². The van der Waals surface area contributed by atoms with Crippen molar-refractivity contribution >= 4 is 0 Å². The summed E-state index contributed by atoms with van der Waals surface area (Å²) >= 11 is 0. The molecule has 0 aliphatic heterocycles. The first-order chi connectivity index (χ1) is 9.67. The molecule has 0 heterocycles. The molecule has 2 fully saturated rings. The van der Waals surface area contributed by atoms with Gasteiger partial charge in [-0.15, -0.1) is 0 Å². The van der Waals surface area contributed by atoms with Crippen molar-refractivity contribution in [2.45, 2.75) is 51.2 Å². The van der Waals surface area contributed by atoms with Crippen LogP contribution in [0.2, 0.25) is 0 Å². The van der Waals surface area contributed by atoms with E-state index in [2.05, 4.69) is 12.2 Å². The van der Waals surface area contributed by atoms with Gasteiger partial charge in [0.25, 0.3) is 0 Å². The fourth-order valence-electron chi connectivity index (χ4n) is 3.89. The summed E-state index contributed by atoms with van der Waals surface area (Å²) in [7, 11) is 0. The molecule has 2 aliphatic carbocycles. The zero-order valence-corrected chi connectivity index (χ0v) is 11.8. The van der Waals surface area contributed by atoms with Crippen molar-refractivity contribution in [1.29, 1.82) is 0 Å². The molecule has 1 aromatic carbocycles. The Morgan fingerprint density at radius 3 is 2.50 bits per heavy atom. The average molecular weight is 281 g/mol. The van der Waals surface area contributed by atoms with Gasteiger partial charge < -0.3 is 10.1 Å². The lowest BCUT2D eigenvalue weighted by atomic mass is 9.60. The third-order valence-corrected chi connectivity index (χ3v) is 4.95. The Balaban J connectivity index is 1.78. The third-order valence-electron chi connectivity index (χ3n) is 4.95. The van der Waals surface area contributed by atoms with Crippen LogP contribution >= 0.6 is 0 Å². The zero-order chi connectivity index (χ0) is 14.2. The number of benzene rings is 1. The van der Waals surface area contributed by atoms with Crippen LogP contribution in [0.25, 0.3) is 0 Å². The number of para-hydroxylation sites is 1. The summed E-state index contributed by atoms with van der Waals surface area (Å²) in [6.07, 6.45) is 5.31. The smallest absolute Gasteiger partial charge is 0.191 e. The molecule has 20 heavy (non-hydrogen) atoms. The molecule has 0 aromatic heterocycles. The molecule has 0 amide bonds. The third kappa shape index (κ3) is 2.10. The van der Waals surface area contributed by atoms with Crippen molar-refractivity contribution in [3.8, 4) is 5.75 Å². The van der Waals surface area contributed by atoms with Gasteiger partial charge in [0, 0.05) is 17.9 Å². The van der Waals surface area contributed by atoms with E-state index in [1.165, 1.54) is 31.0 Å². The second-order valence-electron chi connectivity index (χ2n) is 5.94. The minimum atomic E-state index is -0.606. The average Bonchev–Trinajstić information content (AvgIpc) is 2.93. The Hall–Kier alpha value is -1.16. The Morgan fingerprint density at radius 2 is 1.90 bits per heavy atom. The zero-order valence-electron chi connectivity index (χ0n) is 11.8. The summed E-state index contributed by atoms with van der Waals surface area (Å²) in [6.45, 7) is 3.01. The normalized spacial score (nSPS) is 27.6. The van der Waals surface area contributed by atoms with Gasteiger partial charge in [0.05, 0.1) is 0 Å². The van der Waals surface area contributed by atoms with Crippen molar-refractivity contribution in [1.82, 2.24) is 5.32 Å². The van der Waals surface area contributed by atoms with Crippen LogP contribution in [0.5, 0.6) is 5.75 Å². The number of nitrogens with one attached hydrogen (secondary N) is 1. The van der Waals surface area contributed by atoms with Crippen molar-refractivity contribution in [2.24, 2.45) is 5.41 Å². The highest BCUT2D eigenvalue weighted by atomic mass is 19.1. The molecule has 1 spiro atoms. The highest BCUT2D eigenvalue weighted by Crippen LogP contribution is 2.54. The standard InChI is InChI=1S/C16H21F2NO/c1-2-19-13-10-14(16(13)8-3-4-9-16)20-15-11(17)6-5-7-12(15)18/h5-7,13-14,19H,2-4,8-10H2,1H3. The van der Waals surface area contributed by atoms with Crippen molar-refractivity contribution in [3.63, 3.8) is 0 Å². The molecular formula is C16H21F2NO. The largest absolute Gasteiger partial charge is 0.484 e. The summed E-state index contributed by atoms with van der Waals surface area (Å²) in [5.74, 6) is -1.42. The maximum absolute atomic E-state index is 13.7. The Bertz CT molecular complexity index is 465. The Labute approximate surface area is 118 Å². The maximum atomic E-state index is 13.7. The van der Waals surface area contributed by atoms with Crippen LogP contribution in [0.3, 0.4) is 0 Å². The Kier molecular flexibility index (Phi) is 3.67. The molecule has 2 aliphatic rings. The molecule has 2 unspecified atom stereocenters. The number of rotatable bonds is 4. The molecule has 2 nitrogen and oxygen atoms in total. The van der Waals surface area contributed by atoms with E-state index in [1.807, 2.05) is 0 Å². The van der Waals surface area contributed by atoms with Crippen LogP contribution in [0.4, 0.5) is 8.78 Å². The molecule has 3 rings (SSSR count). The van der Waals surface area contributed by atoms with Gasteiger partial charge in [-0.2, -0.15) is 0 Å². The summed E-state index contributed by atoms with van der Waals surface area (Å²) in [4.78, 5) is 0. The second kappa shape index (κ2) is 5.32. The SMILES string of the molecule is CCNC1CC(Oc2c(F)cccc2F)C12CCCC2. The summed E-state index contributed by atoms with van der Waals surface area (Å²) in [6, 6.07) is 4.29. The number of hydrogen-bond acceptors (Lipinski definition) is 2. The number of ether oxygens (including phenoxy) is 1. The second-order valence-corrected chi connectivity index (χ2v) is 5.94. The van der Waals surface area contributed by atoms with Crippen molar-refractivity contribution in [2.75, 3.05) is 6.54 Å². The highest BCUT2D eigenvalue weighted by Gasteiger charge is 2.57. The summed E-state index contributed by atoms with van der Waals surface area (Å²) in [5.41, 5.74) is 0.0741. The van der Waals surface area contributed by atoms with E-state index >= 15 is 0 Å². The van der Waals surface area contributed by atoms with Gasteiger partial charge in [0.1, 0.15) is 6.10 Å². The van der Waals surface area contributed by atoms with Crippen LogP contribution < -0.4 is 10.1 Å².